The fourth-order valence-corrected chi connectivity index (χ4v) is 3.41. The van der Waals surface area contributed by atoms with Crippen LogP contribution in [0.15, 0.2) is 72.9 Å². The van der Waals surface area contributed by atoms with Gasteiger partial charge in [-0.05, 0) is 36.1 Å². The van der Waals surface area contributed by atoms with E-state index in [1.807, 2.05) is 37.4 Å². The van der Waals surface area contributed by atoms with Gasteiger partial charge < -0.3 is 4.57 Å². The summed E-state index contributed by atoms with van der Waals surface area (Å²) < 4.78 is 2.11. The van der Waals surface area contributed by atoms with Crippen LogP contribution in [0.4, 0.5) is 0 Å². The van der Waals surface area contributed by atoms with E-state index in [9.17, 15) is 5.26 Å². The Labute approximate surface area is 153 Å². The summed E-state index contributed by atoms with van der Waals surface area (Å²) in [5.74, 6) is 0. The minimum absolute atomic E-state index is 0.680. The van der Waals surface area contributed by atoms with Crippen molar-refractivity contribution in [1.29, 1.82) is 5.26 Å². The second-order valence-electron chi connectivity index (χ2n) is 6.46. The molecule has 2 aromatic carbocycles. The van der Waals surface area contributed by atoms with Gasteiger partial charge in [-0.2, -0.15) is 5.26 Å². The van der Waals surface area contributed by atoms with Gasteiger partial charge in [-0.15, -0.1) is 0 Å². The number of fused-ring (bicyclic) bond motifs is 1. The molecule has 0 spiro atoms. The monoisotopic (exact) mass is 337 g/mol. The first-order chi connectivity index (χ1) is 12.8. The molecule has 0 aliphatic heterocycles. The van der Waals surface area contributed by atoms with Crippen LogP contribution in [-0.4, -0.2) is 9.55 Å². The molecule has 0 saturated carbocycles. The topological polar surface area (TPSA) is 41.6 Å². The molecule has 4 rings (SSSR count). The van der Waals surface area contributed by atoms with Gasteiger partial charge in [0.1, 0.15) is 11.7 Å². The van der Waals surface area contributed by atoms with Gasteiger partial charge in [-0.25, -0.2) is 4.98 Å². The maximum absolute atomic E-state index is 9.68. The summed E-state index contributed by atoms with van der Waals surface area (Å²) in [5, 5.41) is 10.6. The van der Waals surface area contributed by atoms with Crippen LogP contribution in [0.25, 0.3) is 22.2 Å². The first kappa shape index (κ1) is 16.1. The van der Waals surface area contributed by atoms with Crippen molar-refractivity contribution in [3.05, 3.63) is 89.7 Å². The molecular formula is C23H19N3. The molecule has 0 bridgehead atoms. The Balaban J connectivity index is 1.83. The summed E-state index contributed by atoms with van der Waals surface area (Å²) in [4.78, 5) is 4.75. The minimum atomic E-state index is 0.680. The van der Waals surface area contributed by atoms with E-state index < -0.39 is 0 Å². The Morgan fingerprint density at radius 2 is 1.69 bits per heavy atom. The molecule has 3 nitrogen and oxygen atoms in total. The van der Waals surface area contributed by atoms with Gasteiger partial charge in [0.2, 0.25) is 0 Å². The highest BCUT2D eigenvalue weighted by atomic mass is 15.0. The average molecular weight is 337 g/mol. The zero-order valence-electron chi connectivity index (χ0n) is 14.7. The lowest BCUT2D eigenvalue weighted by atomic mass is 10.0. The number of aromatic nitrogens is 2. The summed E-state index contributed by atoms with van der Waals surface area (Å²) in [6, 6.07) is 25.0. The number of hydrogen-bond donors (Lipinski definition) is 0. The van der Waals surface area contributed by atoms with E-state index in [0.29, 0.717) is 5.56 Å². The van der Waals surface area contributed by atoms with E-state index in [4.69, 9.17) is 4.98 Å². The number of nitriles is 1. The summed E-state index contributed by atoms with van der Waals surface area (Å²) in [6.45, 7) is 2.80. The van der Waals surface area contributed by atoms with Crippen LogP contribution >= 0.6 is 0 Å². The van der Waals surface area contributed by atoms with E-state index in [1.165, 1.54) is 5.56 Å². The average Bonchev–Trinajstić information content (AvgIpc) is 3.05. The molecule has 4 aromatic rings. The molecule has 0 fully saturated rings. The van der Waals surface area contributed by atoms with Crippen molar-refractivity contribution in [3.63, 3.8) is 0 Å². The largest absolute Gasteiger partial charge is 0.331 e. The second kappa shape index (κ2) is 6.85. The number of hydrogen-bond acceptors (Lipinski definition) is 2. The van der Waals surface area contributed by atoms with Gasteiger partial charge in [0.15, 0.2) is 0 Å². The standard InChI is InChI=1S/C23H19N3/c1-17-14-21(19-10-6-3-7-11-19)22-20(15-24)16-26(23(22)25-17)13-12-18-8-4-2-5-9-18/h2-11,14,16H,12-13H2,1H3. The normalized spacial score (nSPS) is 10.8. The van der Waals surface area contributed by atoms with Crippen molar-refractivity contribution in [3.8, 4) is 17.2 Å². The molecule has 3 heteroatoms. The zero-order chi connectivity index (χ0) is 17.9. The van der Waals surface area contributed by atoms with Crippen LogP contribution in [0.1, 0.15) is 16.8 Å². The summed E-state index contributed by atoms with van der Waals surface area (Å²) in [7, 11) is 0. The van der Waals surface area contributed by atoms with Gasteiger partial charge >= 0.3 is 0 Å². The Bertz CT molecular complexity index is 1090. The molecule has 0 radical (unpaired) electrons. The summed E-state index contributed by atoms with van der Waals surface area (Å²) in [5.41, 5.74) is 5.99. The fraction of sp³-hybridized carbons (Fsp3) is 0.130. The Hall–Kier alpha value is -3.38. The molecule has 2 heterocycles. The molecule has 0 saturated heterocycles. The quantitative estimate of drug-likeness (QED) is 0.518. The lowest BCUT2D eigenvalue weighted by Gasteiger charge is -2.09. The third-order valence-electron chi connectivity index (χ3n) is 4.64. The highest BCUT2D eigenvalue weighted by molar-refractivity contribution is 5.98. The smallest absolute Gasteiger partial charge is 0.142 e. The van der Waals surface area contributed by atoms with Crippen molar-refractivity contribution in [2.75, 3.05) is 0 Å². The highest BCUT2D eigenvalue weighted by Crippen LogP contribution is 2.32. The minimum Gasteiger partial charge on any atom is -0.331 e. The van der Waals surface area contributed by atoms with Crippen LogP contribution in [0, 0.1) is 18.3 Å². The highest BCUT2D eigenvalue weighted by Gasteiger charge is 2.16. The SMILES string of the molecule is Cc1cc(-c2ccccc2)c2c(C#N)cn(CCc3ccccc3)c2n1. The molecule has 26 heavy (non-hydrogen) atoms. The first-order valence-corrected chi connectivity index (χ1v) is 8.76. The van der Waals surface area contributed by atoms with Crippen molar-refractivity contribution in [2.45, 2.75) is 19.9 Å². The van der Waals surface area contributed by atoms with Gasteiger partial charge in [-0.1, -0.05) is 60.7 Å². The predicted octanol–water partition coefficient (Wildman–Crippen LogP) is 5.13. The fourth-order valence-electron chi connectivity index (χ4n) is 3.41. The molecule has 0 amide bonds. The number of aryl methyl sites for hydroxylation is 3. The molecule has 0 unspecified atom stereocenters. The van der Waals surface area contributed by atoms with Crippen molar-refractivity contribution in [2.24, 2.45) is 0 Å². The maximum atomic E-state index is 9.68. The third-order valence-corrected chi connectivity index (χ3v) is 4.64. The second-order valence-corrected chi connectivity index (χ2v) is 6.46. The lowest BCUT2D eigenvalue weighted by Crippen LogP contribution is -2.01. The molecule has 0 aliphatic carbocycles. The number of pyridine rings is 1. The van der Waals surface area contributed by atoms with Gasteiger partial charge in [-0.3, -0.25) is 0 Å². The summed E-state index contributed by atoms with van der Waals surface area (Å²) in [6.07, 6.45) is 2.85. The van der Waals surface area contributed by atoms with Gasteiger partial charge in [0.05, 0.1) is 5.56 Å². The Kier molecular flexibility index (Phi) is 4.25. The first-order valence-electron chi connectivity index (χ1n) is 8.76. The van der Waals surface area contributed by atoms with Gasteiger partial charge in [0.25, 0.3) is 0 Å². The Morgan fingerprint density at radius 3 is 2.38 bits per heavy atom. The molecule has 0 N–H and O–H groups in total. The summed E-state index contributed by atoms with van der Waals surface area (Å²) >= 11 is 0. The molecule has 2 aromatic heterocycles. The predicted molar refractivity (Wildman–Crippen MR) is 105 cm³/mol. The van der Waals surface area contributed by atoms with Crippen LogP contribution in [0.5, 0.6) is 0 Å². The molecular weight excluding hydrogens is 318 g/mol. The zero-order valence-corrected chi connectivity index (χ0v) is 14.7. The van der Waals surface area contributed by atoms with Crippen LogP contribution in [-0.2, 0) is 13.0 Å². The Morgan fingerprint density at radius 1 is 1.00 bits per heavy atom. The molecule has 0 aliphatic rings. The van der Waals surface area contributed by atoms with Crippen LogP contribution in [0.2, 0.25) is 0 Å². The molecule has 0 atom stereocenters. The van der Waals surface area contributed by atoms with Crippen molar-refractivity contribution >= 4 is 11.0 Å². The van der Waals surface area contributed by atoms with Crippen LogP contribution < -0.4 is 0 Å². The van der Waals surface area contributed by atoms with E-state index >= 15 is 0 Å². The maximum Gasteiger partial charge on any atom is 0.142 e. The lowest BCUT2D eigenvalue weighted by molar-refractivity contribution is 0.715. The number of nitrogens with zero attached hydrogens (tertiary/aromatic N) is 3. The van der Waals surface area contributed by atoms with Crippen LogP contribution in [0.3, 0.4) is 0 Å². The number of rotatable bonds is 4. The van der Waals surface area contributed by atoms with E-state index in [2.05, 4.69) is 53.1 Å². The third kappa shape index (κ3) is 2.98. The van der Waals surface area contributed by atoms with E-state index in [-0.39, 0.29) is 0 Å². The molecule has 126 valence electrons. The van der Waals surface area contributed by atoms with Crippen molar-refractivity contribution < 1.29 is 0 Å². The van der Waals surface area contributed by atoms with E-state index in [0.717, 1.165) is 40.8 Å². The van der Waals surface area contributed by atoms with Crippen molar-refractivity contribution in [1.82, 2.24) is 9.55 Å². The van der Waals surface area contributed by atoms with Gasteiger partial charge in [0, 0.05) is 23.8 Å². The number of benzene rings is 2. The van der Waals surface area contributed by atoms with E-state index in [1.54, 1.807) is 0 Å².